The Labute approximate surface area is 116 Å². The van der Waals surface area contributed by atoms with Gasteiger partial charge in [0, 0.05) is 12.2 Å². The standard InChI is InChI=1S/C4H4O4.C3H6O3S.Na.H/c5-3(6)1-2-4(7)8;1-2-3-7(4,5)6;;/h1-2H,(H,5,6)(H,7,8);2H,1,3H2,(H,4,5,6);;/q;;+1;-1/b2-1-;;;. The largest absolute Gasteiger partial charge is 1.00 e. The number of aliphatic carboxylic acids is 2. The smallest absolute Gasteiger partial charge is 1.00 e. The first kappa shape index (κ1) is 20.7. The van der Waals surface area contributed by atoms with Gasteiger partial charge in [0.15, 0.2) is 0 Å². The molecule has 0 heterocycles. The molecule has 9 heteroatoms. The van der Waals surface area contributed by atoms with Gasteiger partial charge in [-0.25, -0.2) is 9.59 Å². The Hall–Kier alpha value is -0.670. The molecule has 0 aromatic carbocycles. The summed E-state index contributed by atoms with van der Waals surface area (Å²) in [6.45, 7) is 3.11. The van der Waals surface area contributed by atoms with Crippen LogP contribution in [-0.2, 0) is 19.7 Å². The van der Waals surface area contributed by atoms with Gasteiger partial charge in [0.2, 0.25) is 0 Å². The first-order valence-electron chi connectivity index (χ1n) is 3.39. The molecule has 0 aromatic rings. The van der Waals surface area contributed by atoms with Gasteiger partial charge in [-0.1, -0.05) is 6.08 Å². The van der Waals surface area contributed by atoms with E-state index >= 15 is 0 Å². The van der Waals surface area contributed by atoms with Crippen molar-refractivity contribution in [3.05, 3.63) is 24.8 Å². The predicted molar refractivity (Wildman–Crippen MR) is 52.1 cm³/mol. The Kier molecular flexibility index (Phi) is 14.0. The van der Waals surface area contributed by atoms with Crippen LogP contribution in [0.15, 0.2) is 24.8 Å². The molecular weight excluding hydrogens is 251 g/mol. The molecule has 0 unspecified atom stereocenters. The minimum absolute atomic E-state index is 0. The number of carboxylic acid groups (broad SMARTS) is 2. The van der Waals surface area contributed by atoms with Crippen molar-refractivity contribution in [3.63, 3.8) is 0 Å². The van der Waals surface area contributed by atoms with Crippen LogP contribution in [0, 0.1) is 0 Å². The second-order valence-electron chi connectivity index (χ2n) is 2.05. The van der Waals surface area contributed by atoms with E-state index in [1.165, 1.54) is 0 Å². The van der Waals surface area contributed by atoms with Crippen molar-refractivity contribution in [2.75, 3.05) is 5.75 Å². The van der Waals surface area contributed by atoms with Crippen molar-refractivity contribution in [2.45, 2.75) is 0 Å². The van der Waals surface area contributed by atoms with E-state index in [1.807, 2.05) is 0 Å². The molecule has 0 aliphatic heterocycles. The van der Waals surface area contributed by atoms with Gasteiger partial charge in [0.25, 0.3) is 10.1 Å². The molecule has 0 bridgehead atoms. The Bertz CT molecular complexity index is 346. The van der Waals surface area contributed by atoms with Crippen molar-refractivity contribution < 1.29 is 63.8 Å². The minimum atomic E-state index is -3.79. The van der Waals surface area contributed by atoms with E-state index in [0.29, 0.717) is 12.2 Å². The number of carboxylic acids is 2. The molecule has 0 atom stereocenters. The Morgan fingerprint density at radius 1 is 1.19 bits per heavy atom. The zero-order chi connectivity index (χ0) is 12.5. The van der Waals surface area contributed by atoms with E-state index in [4.69, 9.17) is 14.8 Å². The maximum Gasteiger partial charge on any atom is 1.00 e. The molecule has 0 aromatic heterocycles. The van der Waals surface area contributed by atoms with Gasteiger partial charge in [-0.15, -0.1) is 6.58 Å². The van der Waals surface area contributed by atoms with Gasteiger partial charge in [0.05, 0.1) is 5.75 Å². The SMILES string of the molecule is C=CCS(=O)(=O)O.O=C(O)/C=C\C(=O)O.[H-].[Na+]. The number of rotatable bonds is 4. The second kappa shape index (κ2) is 10.8. The minimum Gasteiger partial charge on any atom is -1.00 e. The molecule has 16 heavy (non-hydrogen) atoms. The number of hydrogen-bond acceptors (Lipinski definition) is 4. The molecule has 0 fully saturated rings. The summed E-state index contributed by atoms with van der Waals surface area (Å²) in [6, 6.07) is 0. The molecule has 0 amide bonds. The van der Waals surface area contributed by atoms with Crippen molar-refractivity contribution in [1.82, 2.24) is 0 Å². The van der Waals surface area contributed by atoms with Crippen molar-refractivity contribution in [1.29, 1.82) is 0 Å². The zero-order valence-corrected chi connectivity index (χ0v) is 11.3. The predicted octanol–water partition coefficient (Wildman–Crippen LogP) is -3.11. The van der Waals surface area contributed by atoms with Crippen molar-refractivity contribution in [2.24, 2.45) is 0 Å². The number of carbonyl (C=O) groups is 2. The van der Waals surface area contributed by atoms with Gasteiger partial charge in [-0.05, 0) is 0 Å². The average Bonchev–Trinajstić information content (AvgIpc) is 1.99. The molecule has 3 N–H and O–H groups in total. The Morgan fingerprint density at radius 3 is 1.56 bits per heavy atom. The van der Waals surface area contributed by atoms with Crippen LogP contribution in [-0.4, -0.2) is 40.9 Å². The summed E-state index contributed by atoms with van der Waals surface area (Å²) in [6.07, 6.45) is 2.24. The molecular formula is C7H11NaO7S. The summed E-state index contributed by atoms with van der Waals surface area (Å²) in [5.41, 5.74) is 0. The van der Waals surface area contributed by atoms with E-state index < -0.39 is 22.1 Å². The fourth-order valence-electron chi connectivity index (χ4n) is 0.292. The number of hydrogen-bond donors (Lipinski definition) is 3. The molecule has 88 valence electrons. The fourth-order valence-corrected chi connectivity index (χ4v) is 0.589. The summed E-state index contributed by atoms with van der Waals surface area (Å²) in [5.74, 6) is -2.88. The van der Waals surface area contributed by atoms with E-state index in [9.17, 15) is 18.0 Å². The van der Waals surface area contributed by atoms with E-state index in [1.54, 1.807) is 0 Å². The van der Waals surface area contributed by atoms with E-state index in [-0.39, 0.29) is 36.7 Å². The van der Waals surface area contributed by atoms with Crippen LogP contribution in [0.4, 0.5) is 0 Å². The first-order chi connectivity index (χ1) is 6.69. The van der Waals surface area contributed by atoms with Gasteiger partial charge >= 0.3 is 41.5 Å². The Morgan fingerprint density at radius 2 is 1.50 bits per heavy atom. The van der Waals surface area contributed by atoms with Crippen LogP contribution in [0.5, 0.6) is 0 Å². The van der Waals surface area contributed by atoms with E-state index in [2.05, 4.69) is 6.58 Å². The third kappa shape index (κ3) is 29.2. The average molecular weight is 262 g/mol. The van der Waals surface area contributed by atoms with Crippen LogP contribution >= 0.6 is 0 Å². The molecule has 0 radical (unpaired) electrons. The third-order valence-corrected chi connectivity index (χ3v) is 1.35. The Balaban J connectivity index is -0.0000000896. The van der Waals surface area contributed by atoms with E-state index in [0.717, 1.165) is 6.08 Å². The molecule has 0 saturated carbocycles. The van der Waals surface area contributed by atoms with Crippen LogP contribution in [0.1, 0.15) is 1.43 Å². The summed E-state index contributed by atoms with van der Waals surface area (Å²) in [4.78, 5) is 19.1. The summed E-state index contributed by atoms with van der Waals surface area (Å²) < 4.78 is 27.3. The fraction of sp³-hybridized carbons (Fsp3) is 0.143. The maximum absolute atomic E-state index is 9.72. The van der Waals surface area contributed by atoms with Crippen LogP contribution < -0.4 is 29.6 Å². The normalized spacial score (nSPS) is 9.56. The van der Waals surface area contributed by atoms with Gasteiger partial charge in [0.1, 0.15) is 0 Å². The summed E-state index contributed by atoms with van der Waals surface area (Å²) in [5, 5.41) is 15.6. The summed E-state index contributed by atoms with van der Waals surface area (Å²) in [7, 11) is -3.79. The van der Waals surface area contributed by atoms with Crippen molar-refractivity contribution in [3.8, 4) is 0 Å². The molecule has 0 rings (SSSR count). The molecule has 0 aliphatic rings. The van der Waals surface area contributed by atoms with Crippen LogP contribution in [0.2, 0.25) is 0 Å². The van der Waals surface area contributed by atoms with Crippen LogP contribution in [0.3, 0.4) is 0 Å². The second-order valence-corrected chi connectivity index (χ2v) is 3.54. The monoisotopic (exact) mass is 262 g/mol. The van der Waals surface area contributed by atoms with Crippen LogP contribution in [0.25, 0.3) is 0 Å². The van der Waals surface area contributed by atoms with Gasteiger partial charge in [-0.3, -0.25) is 4.55 Å². The molecule has 0 spiro atoms. The van der Waals surface area contributed by atoms with Gasteiger partial charge < -0.3 is 11.6 Å². The quantitative estimate of drug-likeness (QED) is 0.212. The maximum atomic E-state index is 9.72. The molecule has 0 aliphatic carbocycles. The first-order valence-corrected chi connectivity index (χ1v) is 5.00. The summed E-state index contributed by atoms with van der Waals surface area (Å²) >= 11 is 0. The zero-order valence-electron chi connectivity index (χ0n) is 9.53. The van der Waals surface area contributed by atoms with Crippen molar-refractivity contribution >= 4 is 22.1 Å². The molecule has 0 saturated heterocycles. The molecule has 7 nitrogen and oxygen atoms in total. The van der Waals surface area contributed by atoms with Gasteiger partial charge in [-0.2, -0.15) is 8.42 Å². The third-order valence-electron chi connectivity index (χ3n) is 0.697. The topological polar surface area (TPSA) is 129 Å².